The standard InChI is InChI=1S/C11H8Cl2N2O2S/c12-6-2-1-5(3-7(6)13)8-4-9(10(16)17)15-11(18)14-8/h1-3,9H,4H2,(H,15,18)(H,16,17). The molecule has 1 aliphatic heterocycles. The summed E-state index contributed by atoms with van der Waals surface area (Å²) in [5.74, 6) is -0.968. The number of thiocarbonyl (C=S) groups is 1. The van der Waals surface area contributed by atoms with E-state index in [1.54, 1.807) is 18.2 Å². The van der Waals surface area contributed by atoms with Crippen LogP contribution in [-0.2, 0) is 4.79 Å². The fourth-order valence-electron chi connectivity index (χ4n) is 1.60. The molecular formula is C11H8Cl2N2O2S. The molecule has 0 aromatic heterocycles. The summed E-state index contributed by atoms with van der Waals surface area (Å²) in [7, 11) is 0. The van der Waals surface area contributed by atoms with Gasteiger partial charge in [-0.1, -0.05) is 29.3 Å². The Kier molecular flexibility index (Phi) is 3.85. The highest BCUT2D eigenvalue weighted by Crippen LogP contribution is 2.24. The Balaban J connectivity index is 2.34. The van der Waals surface area contributed by atoms with Gasteiger partial charge in [-0.05, 0) is 29.9 Å². The topological polar surface area (TPSA) is 61.7 Å². The van der Waals surface area contributed by atoms with Gasteiger partial charge in [-0.3, -0.25) is 0 Å². The summed E-state index contributed by atoms with van der Waals surface area (Å²) in [6.07, 6.45) is 0.243. The van der Waals surface area contributed by atoms with E-state index in [0.29, 0.717) is 15.8 Å². The van der Waals surface area contributed by atoms with Crippen LogP contribution in [0.15, 0.2) is 23.2 Å². The van der Waals surface area contributed by atoms with Gasteiger partial charge in [0.1, 0.15) is 6.04 Å². The van der Waals surface area contributed by atoms with Gasteiger partial charge >= 0.3 is 5.97 Å². The SMILES string of the molecule is O=C(O)C1CC(c2ccc(Cl)c(Cl)c2)=NC(=S)N1. The van der Waals surface area contributed by atoms with E-state index in [1.165, 1.54) is 0 Å². The van der Waals surface area contributed by atoms with Gasteiger partial charge in [0, 0.05) is 6.42 Å². The lowest BCUT2D eigenvalue weighted by atomic mass is 10.0. The van der Waals surface area contributed by atoms with Crippen LogP contribution in [0.5, 0.6) is 0 Å². The van der Waals surface area contributed by atoms with Crippen molar-refractivity contribution in [2.24, 2.45) is 4.99 Å². The minimum absolute atomic E-state index is 0.162. The van der Waals surface area contributed by atoms with Gasteiger partial charge < -0.3 is 10.4 Å². The van der Waals surface area contributed by atoms with Gasteiger partial charge in [-0.15, -0.1) is 0 Å². The Morgan fingerprint density at radius 1 is 1.44 bits per heavy atom. The van der Waals surface area contributed by atoms with E-state index in [-0.39, 0.29) is 11.5 Å². The second-order valence-electron chi connectivity index (χ2n) is 3.73. The summed E-state index contributed by atoms with van der Waals surface area (Å²) < 4.78 is 0. The maximum atomic E-state index is 11.0. The van der Waals surface area contributed by atoms with Crippen LogP contribution >= 0.6 is 35.4 Å². The molecule has 2 rings (SSSR count). The minimum atomic E-state index is -0.968. The van der Waals surface area contributed by atoms with Crippen molar-refractivity contribution in [2.75, 3.05) is 0 Å². The predicted molar refractivity (Wildman–Crippen MR) is 74.8 cm³/mol. The van der Waals surface area contributed by atoms with E-state index < -0.39 is 12.0 Å². The van der Waals surface area contributed by atoms with Crippen LogP contribution in [0, 0.1) is 0 Å². The first kappa shape index (κ1) is 13.3. The van der Waals surface area contributed by atoms with Crippen LogP contribution in [-0.4, -0.2) is 27.9 Å². The van der Waals surface area contributed by atoms with Crippen LogP contribution < -0.4 is 5.32 Å². The Hall–Kier alpha value is -1.17. The third-order valence-electron chi connectivity index (χ3n) is 2.48. The second-order valence-corrected chi connectivity index (χ2v) is 4.93. The second kappa shape index (κ2) is 5.22. The number of aliphatic carboxylic acids is 1. The largest absolute Gasteiger partial charge is 0.480 e. The van der Waals surface area contributed by atoms with Crippen molar-refractivity contribution in [1.29, 1.82) is 0 Å². The molecule has 0 saturated heterocycles. The molecule has 1 aromatic carbocycles. The van der Waals surface area contributed by atoms with Crippen LogP contribution in [0.4, 0.5) is 0 Å². The van der Waals surface area contributed by atoms with Crippen LogP contribution in [0.3, 0.4) is 0 Å². The van der Waals surface area contributed by atoms with Gasteiger partial charge in [0.05, 0.1) is 15.8 Å². The number of hydrogen-bond donors (Lipinski definition) is 2. The van der Waals surface area contributed by atoms with Crippen LogP contribution in [0.2, 0.25) is 10.0 Å². The fourth-order valence-corrected chi connectivity index (χ4v) is 2.15. The minimum Gasteiger partial charge on any atom is -0.480 e. The average molecular weight is 303 g/mol. The molecule has 0 amide bonds. The first-order chi connectivity index (χ1) is 8.47. The first-order valence-corrected chi connectivity index (χ1v) is 6.20. The highest BCUT2D eigenvalue weighted by Gasteiger charge is 2.25. The molecule has 0 aliphatic carbocycles. The van der Waals surface area contributed by atoms with E-state index >= 15 is 0 Å². The van der Waals surface area contributed by atoms with E-state index in [9.17, 15) is 4.79 Å². The molecule has 1 atom stereocenters. The first-order valence-electron chi connectivity index (χ1n) is 5.03. The number of aliphatic imine (C=N–C) groups is 1. The zero-order valence-corrected chi connectivity index (χ0v) is 11.3. The van der Waals surface area contributed by atoms with Crippen molar-refractivity contribution < 1.29 is 9.90 Å². The molecule has 1 aromatic rings. The fraction of sp³-hybridized carbons (Fsp3) is 0.182. The van der Waals surface area contributed by atoms with Crippen molar-refractivity contribution in [3.63, 3.8) is 0 Å². The molecule has 4 nitrogen and oxygen atoms in total. The zero-order chi connectivity index (χ0) is 13.3. The lowest BCUT2D eigenvalue weighted by Crippen LogP contribution is -2.44. The molecule has 18 heavy (non-hydrogen) atoms. The summed E-state index contributed by atoms with van der Waals surface area (Å²) >= 11 is 16.7. The van der Waals surface area contributed by atoms with Crippen LogP contribution in [0.1, 0.15) is 12.0 Å². The number of carbonyl (C=O) groups is 1. The Morgan fingerprint density at radius 2 is 2.17 bits per heavy atom. The van der Waals surface area contributed by atoms with Gasteiger partial charge in [-0.2, -0.15) is 0 Å². The summed E-state index contributed by atoms with van der Waals surface area (Å²) in [5.41, 5.74) is 1.31. The van der Waals surface area contributed by atoms with E-state index in [2.05, 4.69) is 10.3 Å². The average Bonchev–Trinajstić information content (AvgIpc) is 2.31. The zero-order valence-electron chi connectivity index (χ0n) is 8.98. The van der Waals surface area contributed by atoms with E-state index in [0.717, 1.165) is 5.56 Å². The van der Waals surface area contributed by atoms with E-state index in [4.69, 9.17) is 40.5 Å². The lowest BCUT2D eigenvalue weighted by Gasteiger charge is -2.21. The maximum Gasteiger partial charge on any atom is 0.326 e. The van der Waals surface area contributed by atoms with Crippen molar-refractivity contribution in [2.45, 2.75) is 12.5 Å². The number of carboxylic acid groups (broad SMARTS) is 1. The molecule has 1 heterocycles. The molecule has 1 unspecified atom stereocenters. The van der Waals surface area contributed by atoms with E-state index in [1.807, 2.05) is 0 Å². The summed E-state index contributed by atoms with van der Waals surface area (Å²) in [4.78, 5) is 15.1. The molecule has 0 spiro atoms. The number of nitrogens with zero attached hydrogens (tertiary/aromatic N) is 1. The van der Waals surface area contributed by atoms with Crippen molar-refractivity contribution >= 4 is 52.2 Å². The summed E-state index contributed by atoms with van der Waals surface area (Å²) in [5, 5.41) is 12.6. The molecule has 0 radical (unpaired) electrons. The Morgan fingerprint density at radius 3 is 2.78 bits per heavy atom. The number of carboxylic acids is 1. The van der Waals surface area contributed by atoms with Crippen molar-refractivity contribution in [3.8, 4) is 0 Å². The third kappa shape index (κ3) is 2.80. The van der Waals surface area contributed by atoms with Gasteiger partial charge in [0.25, 0.3) is 0 Å². The summed E-state index contributed by atoms with van der Waals surface area (Å²) in [6.45, 7) is 0. The number of hydrogen-bond acceptors (Lipinski definition) is 2. The highest BCUT2D eigenvalue weighted by molar-refractivity contribution is 7.80. The predicted octanol–water partition coefficient (Wildman–Crippen LogP) is 2.51. The third-order valence-corrected chi connectivity index (χ3v) is 3.43. The molecule has 0 fully saturated rings. The molecule has 7 heteroatoms. The molecule has 1 aliphatic rings. The number of nitrogens with one attached hydrogen (secondary N) is 1. The molecule has 0 saturated carbocycles. The van der Waals surface area contributed by atoms with Gasteiger partial charge in [0.2, 0.25) is 0 Å². The quantitative estimate of drug-likeness (QED) is 0.824. The number of halogens is 2. The lowest BCUT2D eigenvalue weighted by molar-refractivity contribution is -0.138. The molecule has 2 N–H and O–H groups in total. The van der Waals surface area contributed by atoms with Crippen LogP contribution in [0.25, 0.3) is 0 Å². The number of rotatable bonds is 2. The summed E-state index contributed by atoms with van der Waals surface area (Å²) in [6, 6.07) is 4.26. The molecule has 0 bridgehead atoms. The Labute approximate surface area is 119 Å². The Bertz CT molecular complexity index is 560. The monoisotopic (exact) mass is 302 g/mol. The normalized spacial score (nSPS) is 19.1. The number of benzene rings is 1. The smallest absolute Gasteiger partial charge is 0.326 e. The van der Waals surface area contributed by atoms with Crippen molar-refractivity contribution in [1.82, 2.24) is 5.32 Å². The maximum absolute atomic E-state index is 11.0. The molecular weight excluding hydrogens is 295 g/mol. The highest BCUT2D eigenvalue weighted by atomic mass is 35.5. The van der Waals surface area contributed by atoms with Gasteiger partial charge in [0.15, 0.2) is 5.11 Å². The van der Waals surface area contributed by atoms with Gasteiger partial charge in [-0.25, -0.2) is 9.79 Å². The van der Waals surface area contributed by atoms with Crippen molar-refractivity contribution in [3.05, 3.63) is 33.8 Å². The molecule has 94 valence electrons.